The standard InChI is InChI=1S/C15H19N3S/c16-14(12-6-2-1-3-7-12)10-13-11-19-15(17-13)18-8-4-5-9-18/h1-3,6-7,11,14H,4-5,8-10,16H2. The number of nitrogens with two attached hydrogens (primary N) is 1. The van der Waals surface area contributed by atoms with Gasteiger partial charge in [0.25, 0.3) is 0 Å². The fraction of sp³-hybridized carbons (Fsp3) is 0.400. The lowest BCUT2D eigenvalue weighted by Gasteiger charge is -2.13. The van der Waals surface area contributed by atoms with Crippen LogP contribution >= 0.6 is 11.3 Å². The second kappa shape index (κ2) is 5.72. The molecule has 3 nitrogen and oxygen atoms in total. The Labute approximate surface area is 118 Å². The molecule has 2 N–H and O–H groups in total. The van der Waals surface area contributed by atoms with Crippen LogP contribution in [0.2, 0.25) is 0 Å². The van der Waals surface area contributed by atoms with Gasteiger partial charge in [0.05, 0.1) is 5.69 Å². The SMILES string of the molecule is NC(Cc1csc(N2CCCC2)n1)c1ccccc1. The largest absolute Gasteiger partial charge is 0.348 e. The number of aromatic nitrogens is 1. The molecule has 2 aromatic rings. The van der Waals surface area contributed by atoms with E-state index in [4.69, 9.17) is 10.7 Å². The molecule has 0 amide bonds. The molecule has 0 saturated carbocycles. The van der Waals surface area contributed by atoms with E-state index in [0.717, 1.165) is 30.3 Å². The molecule has 1 atom stereocenters. The fourth-order valence-corrected chi connectivity index (χ4v) is 3.38. The maximum absolute atomic E-state index is 6.24. The lowest BCUT2D eigenvalue weighted by molar-refractivity contribution is 0.709. The molecule has 2 heterocycles. The van der Waals surface area contributed by atoms with Gasteiger partial charge in [0.1, 0.15) is 0 Å². The normalized spacial score (nSPS) is 16.8. The van der Waals surface area contributed by atoms with Crippen molar-refractivity contribution in [1.82, 2.24) is 4.98 Å². The average Bonchev–Trinajstić information content (AvgIpc) is 3.10. The summed E-state index contributed by atoms with van der Waals surface area (Å²) in [7, 11) is 0. The van der Waals surface area contributed by atoms with Crippen LogP contribution in [-0.4, -0.2) is 18.1 Å². The molecular weight excluding hydrogens is 254 g/mol. The number of benzene rings is 1. The number of nitrogens with zero attached hydrogens (tertiary/aromatic N) is 2. The van der Waals surface area contributed by atoms with Crippen molar-refractivity contribution < 1.29 is 0 Å². The van der Waals surface area contributed by atoms with Crippen LogP contribution in [-0.2, 0) is 6.42 Å². The van der Waals surface area contributed by atoms with E-state index in [2.05, 4.69) is 22.4 Å². The van der Waals surface area contributed by atoms with Crippen LogP contribution in [0.25, 0.3) is 0 Å². The van der Waals surface area contributed by atoms with E-state index in [1.807, 2.05) is 18.2 Å². The van der Waals surface area contributed by atoms with Crippen LogP contribution in [0.3, 0.4) is 0 Å². The van der Waals surface area contributed by atoms with Crippen molar-refractivity contribution >= 4 is 16.5 Å². The van der Waals surface area contributed by atoms with Gasteiger partial charge in [0, 0.05) is 30.9 Å². The van der Waals surface area contributed by atoms with Crippen molar-refractivity contribution in [2.45, 2.75) is 25.3 Å². The van der Waals surface area contributed by atoms with Gasteiger partial charge in [-0.15, -0.1) is 11.3 Å². The molecule has 19 heavy (non-hydrogen) atoms. The van der Waals surface area contributed by atoms with E-state index < -0.39 is 0 Å². The summed E-state index contributed by atoms with van der Waals surface area (Å²) in [6.45, 7) is 2.30. The molecule has 0 aliphatic carbocycles. The zero-order chi connectivity index (χ0) is 13.1. The zero-order valence-corrected chi connectivity index (χ0v) is 11.8. The zero-order valence-electron chi connectivity index (χ0n) is 11.0. The summed E-state index contributed by atoms with van der Waals surface area (Å²) in [6.07, 6.45) is 3.39. The summed E-state index contributed by atoms with van der Waals surface area (Å²) in [5.74, 6) is 0. The van der Waals surface area contributed by atoms with Crippen LogP contribution < -0.4 is 10.6 Å². The van der Waals surface area contributed by atoms with Crippen molar-refractivity contribution in [1.29, 1.82) is 0 Å². The first-order valence-corrected chi connectivity index (χ1v) is 7.71. The minimum Gasteiger partial charge on any atom is -0.348 e. The molecule has 1 aliphatic rings. The van der Waals surface area contributed by atoms with Crippen LogP contribution in [0.5, 0.6) is 0 Å². The Kier molecular flexibility index (Phi) is 3.80. The summed E-state index contributed by atoms with van der Waals surface area (Å²) >= 11 is 1.74. The first kappa shape index (κ1) is 12.6. The molecule has 3 rings (SSSR count). The van der Waals surface area contributed by atoms with Crippen molar-refractivity contribution in [2.24, 2.45) is 5.73 Å². The fourth-order valence-electron chi connectivity index (χ4n) is 2.49. The summed E-state index contributed by atoms with van der Waals surface area (Å²) < 4.78 is 0. The molecule has 1 aromatic heterocycles. The predicted octanol–water partition coefficient (Wildman–Crippen LogP) is 2.99. The smallest absolute Gasteiger partial charge is 0.185 e. The maximum atomic E-state index is 6.24. The highest BCUT2D eigenvalue weighted by atomic mass is 32.1. The number of rotatable bonds is 4. The second-order valence-corrected chi connectivity index (χ2v) is 5.87. The summed E-state index contributed by atoms with van der Waals surface area (Å²) in [6, 6.07) is 10.3. The van der Waals surface area contributed by atoms with Gasteiger partial charge in [-0.3, -0.25) is 0 Å². The Hall–Kier alpha value is -1.39. The predicted molar refractivity (Wildman–Crippen MR) is 80.6 cm³/mol. The molecule has 4 heteroatoms. The van der Waals surface area contributed by atoms with Crippen LogP contribution in [0.4, 0.5) is 5.13 Å². The number of thiazole rings is 1. The van der Waals surface area contributed by atoms with Gasteiger partial charge in [-0.1, -0.05) is 30.3 Å². The Morgan fingerprint density at radius 1 is 1.21 bits per heavy atom. The van der Waals surface area contributed by atoms with Crippen molar-refractivity contribution in [2.75, 3.05) is 18.0 Å². The monoisotopic (exact) mass is 273 g/mol. The van der Waals surface area contributed by atoms with Crippen molar-refractivity contribution in [3.05, 3.63) is 47.0 Å². The van der Waals surface area contributed by atoms with E-state index in [9.17, 15) is 0 Å². The Bertz CT molecular complexity index is 517. The first-order chi connectivity index (χ1) is 9.33. The lowest BCUT2D eigenvalue weighted by atomic mass is 10.0. The molecule has 0 radical (unpaired) electrons. The third-order valence-electron chi connectivity index (χ3n) is 3.57. The molecule has 1 aromatic carbocycles. The highest BCUT2D eigenvalue weighted by Crippen LogP contribution is 2.26. The molecule has 1 fully saturated rings. The highest BCUT2D eigenvalue weighted by Gasteiger charge is 2.16. The van der Waals surface area contributed by atoms with Gasteiger partial charge in [0.15, 0.2) is 5.13 Å². The van der Waals surface area contributed by atoms with Gasteiger partial charge in [-0.05, 0) is 18.4 Å². The van der Waals surface area contributed by atoms with Gasteiger partial charge >= 0.3 is 0 Å². The van der Waals surface area contributed by atoms with E-state index in [1.54, 1.807) is 11.3 Å². The average molecular weight is 273 g/mol. The maximum Gasteiger partial charge on any atom is 0.185 e. The quantitative estimate of drug-likeness (QED) is 0.931. The molecular formula is C15H19N3S. The van der Waals surface area contributed by atoms with Crippen LogP contribution in [0, 0.1) is 0 Å². The summed E-state index contributed by atoms with van der Waals surface area (Å²) in [5.41, 5.74) is 8.53. The minimum atomic E-state index is 0.0368. The first-order valence-electron chi connectivity index (χ1n) is 6.83. The van der Waals surface area contributed by atoms with Gasteiger partial charge in [0.2, 0.25) is 0 Å². The molecule has 1 unspecified atom stereocenters. The lowest BCUT2D eigenvalue weighted by Crippen LogP contribution is -2.17. The van der Waals surface area contributed by atoms with Gasteiger partial charge in [-0.2, -0.15) is 0 Å². The van der Waals surface area contributed by atoms with E-state index >= 15 is 0 Å². The van der Waals surface area contributed by atoms with E-state index in [0.29, 0.717) is 0 Å². The van der Waals surface area contributed by atoms with Crippen molar-refractivity contribution in [3.63, 3.8) is 0 Å². The highest BCUT2D eigenvalue weighted by molar-refractivity contribution is 7.13. The van der Waals surface area contributed by atoms with Crippen LogP contribution in [0.15, 0.2) is 35.7 Å². The number of hydrogen-bond acceptors (Lipinski definition) is 4. The Morgan fingerprint density at radius 2 is 1.95 bits per heavy atom. The number of hydrogen-bond donors (Lipinski definition) is 1. The minimum absolute atomic E-state index is 0.0368. The molecule has 1 aliphatic heterocycles. The Balaban J connectivity index is 1.66. The molecule has 100 valence electrons. The summed E-state index contributed by atoms with van der Waals surface area (Å²) in [4.78, 5) is 7.10. The molecule has 0 spiro atoms. The topological polar surface area (TPSA) is 42.1 Å². The van der Waals surface area contributed by atoms with Gasteiger partial charge in [-0.25, -0.2) is 4.98 Å². The van der Waals surface area contributed by atoms with E-state index in [1.165, 1.54) is 18.4 Å². The van der Waals surface area contributed by atoms with Gasteiger partial charge < -0.3 is 10.6 Å². The summed E-state index contributed by atoms with van der Waals surface area (Å²) in [5, 5.41) is 3.31. The third kappa shape index (κ3) is 2.96. The van der Waals surface area contributed by atoms with Crippen molar-refractivity contribution in [3.8, 4) is 0 Å². The van der Waals surface area contributed by atoms with Crippen LogP contribution in [0.1, 0.15) is 30.1 Å². The Morgan fingerprint density at radius 3 is 2.68 bits per heavy atom. The second-order valence-electron chi connectivity index (χ2n) is 5.04. The molecule has 0 bridgehead atoms. The number of anilines is 1. The third-order valence-corrected chi connectivity index (χ3v) is 4.52. The molecule has 1 saturated heterocycles. The van der Waals surface area contributed by atoms with E-state index in [-0.39, 0.29) is 6.04 Å².